The Hall–Kier alpha value is -1.61. The molecule has 0 saturated carbocycles. The van der Waals surface area contributed by atoms with Crippen LogP contribution >= 0.6 is 11.8 Å². The summed E-state index contributed by atoms with van der Waals surface area (Å²) in [6, 6.07) is 5.45. The number of ether oxygens (including phenoxy) is 2. The van der Waals surface area contributed by atoms with Crippen LogP contribution in [0.4, 0.5) is 5.69 Å². The van der Waals surface area contributed by atoms with Crippen LogP contribution in [0, 0.1) is 0 Å². The van der Waals surface area contributed by atoms with Gasteiger partial charge in [-0.3, -0.25) is 14.5 Å². The van der Waals surface area contributed by atoms with Crippen molar-refractivity contribution in [3.05, 3.63) is 23.8 Å². The van der Waals surface area contributed by atoms with Gasteiger partial charge in [0.1, 0.15) is 5.37 Å². The molecule has 0 aromatic heterocycles. The van der Waals surface area contributed by atoms with Crippen LogP contribution < -0.4 is 10.6 Å². The maximum Gasteiger partial charge on any atom is 0.252 e. The van der Waals surface area contributed by atoms with Crippen LogP contribution in [0.2, 0.25) is 0 Å². The molecule has 1 fully saturated rings. The zero-order valence-corrected chi connectivity index (χ0v) is 15.8. The van der Waals surface area contributed by atoms with Gasteiger partial charge in [0, 0.05) is 43.3 Å². The monoisotopic (exact) mass is 379 g/mol. The van der Waals surface area contributed by atoms with Crippen molar-refractivity contribution in [3.8, 4) is 0 Å². The number of thioether (sulfide) groups is 1. The number of nitrogens with zero attached hydrogens (tertiary/aromatic N) is 1. The molecule has 8 heteroatoms. The molecule has 0 unspecified atom stereocenters. The average Bonchev–Trinajstić information content (AvgIpc) is 2.67. The molecule has 0 bridgehead atoms. The first kappa shape index (κ1) is 19.2. The maximum atomic E-state index is 12.5. The fourth-order valence-corrected chi connectivity index (χ4v) is 4.06. The quantitative estimate of drug-likeness (QED) is 0.700. The SMILES string of the molecule is CCOCCCNC(=O)c1ccc2c(c1)NC(=O)[C@@H](N1CCOCC1)S2. The molecule has 2 aliphatic rings. The third kappa shape index (κ3) is 4.76. The van der Waals surface area contributed by atoms with Gasteiger partial charge in [0.25, 0.3) is 11.8 Å². The highest BCUT2D eigenvalue weighted by Gasteiger charge is 2.33. The molecule has 142 valence electrons. The molecule has 0 radical (unpaired) electrons. The van der Waals surface area contributed by atoms with Gasteiger partial charge in [-0.25, -0.2) is 0 Å². The highest BCUT2D eigenvalue weighted by atomic mass is 32.2. The van der Waals surface area contributed by atoms with E-state index in [0.717, 1.165) is 24.4 Å². The molecule has 26 heavy (non-hydrogen) atoms. The van der Waals surface area contributed by atoms with Crippen molar-refractivity contribution in [1.29, 1.82) is 0 Å². The Morgan fingerprint density at radius 1 is 1.42 bits per heavy atom. The van der Waals surface area contributed by atoms with Crippen LogP contribution in [0.25, 0.3) is 0 Å². The van der Waals surface area contributed by atoms with E-state index in [-0.39, 0.29) is 17.2 Å². The summed E-state index contributed by atoms with van der Waals surface area (Å²) < 4.78 is 10.6. The number of hydrogen-bond donors (Lipinski definition) is 2. The van der Waals surface area contributed by atoms with Gasteiger partial charge in [-0.2, -0.15) is 0 Å². The van der Waals surface area contributed by atoms with E-state index in [1.807, 2.05) is 13.0 Å². The van der Waals surface area contributed by atoms with E-state index in [1.54, 1.807) is 12.1 Å². The molecule has 2 N–H and O–H groups in total. The Balaban J connectivity index is 1.59. The van der Waals surface area contributed by atoms with Gasteiger partial charge < -0.3 is 20.1 Å². The lowest BCUT2D eigenvalue weighted by molar-refractivity contribution is -0.119. The van der Waals surface area contributed by atoms with Crippen molar-refractivity contribution < 1.29 is 19.1 Å². The molecule has 2 aliphatic heterocycles. The highest BCUT2D eigenvalue weighted by Crippen LogP contribution is 2.37. The normalized spacial score (nSPS) is 20.3. The van der Waals surface area contributed by atoms with Crippen LogP contribution in [-0.2, 0) is 14.3 Å². The molecule has 0 aliphatic carbocycles. The first-order valence-electron chi connectivity index (χ1n) is 8.98. The maximum absolute atomic E-state index is 12.5. The second-order valence-corrected chi connectivity index (χ2v) is 7.25. The predicted molar refractivity (Wildman–Crippen MR) is 101 cm³/mol. The fourth-order valence-electron chi connectivity index (χ4n) is 2.91. The number of carbonyl (C=O) groups excluding carboxylic acids is 2. The van der Waals surface area contributed by atoms with Crippen molar-refractivity contribution in [2.24, 2.45) is 0 Å². The summed E-state index contributed by atoms with van der Waals surface area (Å²) in [6.45, 7) is 6.64. The van der Waals surface area contributed by atoms with Crippen LogP contribution in [0.5, 0.6) is 0 Å². The van der Waals surface area contributed by atoms with Crippen molar-refractivity contribution in [3.63, 3.8) is 0 Å². The minimum Gasteiger partial charge on any atom is -0.382 e. The van der Waals surface area contributed by atoms with E-state index < -0.39 is 0 Å². The summed E-state index contributed by atoms with van der Waals surface area (Å²) in [5.41, 5.74) is 1.25. The van der Waals surface area contributed by atoms with Crippen LogP contribution in [-0.4, -0.2) is 68.1 Å². The highest BCUT2D eigenvalue weighted by molar-refractivity contribution is 8.00. The van der Waals surface area contributed by atoms with Crippen molar-refractivity contribution in [1.82, 2.24) is 10.2 Å². The van der Waals surface area contributed by atoms with E-state index in [2.05, 4.69) is 15.5 Å². The van der Waals surface area contributed by atoms with Gasteiger partial charge in [0.15, 0.2) is 0 Å². The van der Waals surface area contributed by atoms with Gasteiger partial charge in [-0.15, -0.1) is 0 Å². The first-order valence-corrected chi connectivity index (χ1v) is 9.86. The molecular formula is C18H25N3O4S. The zero-order chi connectivity index (χ0) is 18.4. The molecule has 2 heterocycles. The molecule has 0 spiro atoms. The van der Waals surface area contributed by atoms with Crippen LogP contribution in [0.1, 0.15) is 23.7 Å². The zero-order valence-electron chi connectivity index (χ0n) is 15.0. The standard InChI is InChI=1S/C18H25N3O4S/c1-2-24-9-3-6-19-16(22)13-4-5-15-14(12-13)20-17(23)18(26-15)21-7-10-25-11-8-21/h4-5,12,18H,2-3,6-11H2,1H3,(H,19,22)(H,20,23)/t18-/m0/s1. The van der Waals surface area contributed by atoms with E-state index in [1.165, 1.54) is 11.8 Å². The molecule has 7 nitrogen and oxygen atoms in total. The number of anilines is 1. The number of carbonyl (C=O) groups is 2. The number of rotatable bonds is 7. The molecule has 1 aromatic carbocycles. The number of nitrogens with one attached hydrogen (secondary N) is 2. The third-order valence-electron chi connectivity index (χ3n) is 4.29. The number of benzene rings is 1. The first-order chi connectivity index (χ1) is 12.7. The van der Waals surface area contributed by atoms with Gasteiger partial charge >= 0.3 is 0 Å². The lowest BCUT2D eigenvalue weighted by Gasteiger charge is -2.35. The molecule has 3 rings (SSSR count). The second-order valence-electron chi connectivity index (χ2n) is 6.13. The Labute approximate surface area is 157 Å². The number of amides is 2. The predicted octanol–water partition coefficient (Wildman–Crippen LogP) is 1.55. The summed E-state index contributed by atoms with van der Waals surface area (Å²) in [7, 11) is 0. The van der Waals surface area contributed by atoms with E-state index in [4.69, 9.17) is 9.47 Å². The summed E-state index contributed by atoms with van der Waals surface area (Å²) in [5.74, 6) is -0.183. The Bertz CT molecular complexity index is 649. The molecular weight excluding hydrogens is 354 g/mol. The van der Waals surface area contributed by atoms with Crippen molar-refractivity contribution in [2.45, 2.75) is 23.6 Å². The molecule has 1 atom stereocenters. The number of morpholine rings is 1. The van der Waals surface area contributed by atoms with Gasteiger partial charge in [-0.05, 0) is 31.5 Å². The van der Waals surface area contributed by atoms with Crippen LogP contribution in [0.3, 0.4) is 0 Å². The minimum atomic E-state index is -0.246. The second kappa shape index (κ2) is 9.36. The Kier molecular flexibility index (Phi) is 6.90. The van der Waals surface area contributed by atoms with Gasteiger partial charge in [0.05, 0.1) is 18.9 Å². The summed E-state index contributed by atoms with van der Waals surface area (Å²) in [4.78, 5) is 27.9. The minimum absolute atomic E-state index is 0.0429. The fraction of sp³-hybridized carbons (Fsp3) is 0.556. The molecule has 1 saturated heterocycles. The van der Waals surface area contributed by atoms with E-state index in [0.29, 0.717) is 44.2 Å². The van der Waals surface area contributed by atoms with Crippen LogP contribution in [0.15, 0.2) is 23.1 Å². The topological polar surface area (TPSA) is 79.9 Å². The lowest BCUT2D eigenvalue weighted by atomic mass is 10.1. The van der Waals surface area contributed by atoms with E-state index in [9.17, 15) is 9.59 Å². The lowest BCUT2D eigenvalue weighted by Crippen LogP contribution is -2.48. The number of hydrogen-bond acceptors (Lipinski definition) is 6. The van der Waals surface area contributed by atoms with E-state index >= 15 is 0 Å². The van der Waals surface area contributed by atoms with Gasteiger partial charge in [0.2, 0.25) is 0 Å². The largest absolute Gasteiger partial charge is 0.382 e. The molecule has 2 amide bonds. The summed E-state index contributed by atoms with van der Waals surface area (Å²) in [6.07, 6.45) is 0.776. The summed E-state index contributed by atoms with van der Waals surface area (Å²) >= 11 is 1.53. The number of fused-ring (bicyclic) bond motifs is 1. The van der Waals surface area contributed by atoms with Gasteiger partial charge in [-0.1, -0.05) is 11.8 Å². The smallest absolute Gasteiger partial charge is 0.252 e. The van der Waals surface area contributed by atoms with Crippen molar-refractivity contribution >= 4 is 29.3 Å². The van der Waals surface area contributed by atoms with Crippen molar-refractivity contribution in [2.75, 3.05) is 51.4 Å². The average molecular weight is 379 g/mol. The Morgan fingerprint density at radius 2 is 2.23 bits per heavy atom. The summed E-state index contributed by atoms with van der Waals surface area (Å²) in [5, 5.41) is 5.57. The Morgan fingerprint density at radius 3 is 3.00 bits per heavy atom. The molecule has 1 aromatic rings. The third-order valence-corrected chi connectivity index (χ3v) is 5.64.